The van der Waals surface area contributed by atoms with Crippen molar-refractivity contribution >= 4 is 17.7 Å². The number of rotatable bonds is 6. The first kappa shape index (κ1) is 26.2. The fourth-order valence-electron chi connectivity index (χ4n) is 4.78. The minimum atomic E-state index is -0.116. The molecule has 0 aliphatic carbocycles. The summed E-state index contributed by atoms with van der Waals surface area (Å²) in [5.41, 5.74) is 8.07. The third-order valence-electron chi connectivity index (χ3n) is 6.70. The van der Waals surface area contributed by atoms with Crippen LogP contribution < -0.4 is 29.3 Å². The second kappa shape index (κ2) is 11.8. The number of anilines is 1. The highest BCUT2D eigenvalue weighted by atomic mass is 127. The number of likely N-dealkylation sites (tertiary alicyclic amines) is 1. The van der Waals surface area contributed by atoms with E-state index in [0.29, 0.717) is 0 Å². The molecule has 1 fully saturated rings. The zero-order chi connectivity index (χ0) is 23.3. The van der Waals surface area contributed by atoms with Gasteiger partial charge in [-0.1, -0.05) is 54.1 Å². The minimum Gasteiger partial charge on any atom is -1.00 e. The molecular formula is C30H35IN2O. The van der Waals surface area contributed by atoms with Gasteiger partial charge in [0.05, 0.1) is 20.1 Å². The summed E-state index contributed by atoms with van der Waals surface area (Å²) in [5, 5.41) is 2.98. The molecule has 0 spiro atoms. The molecule has 1 N–H and O–H groups in total. The number of carbonyl (C=O) groups excluding carboxylic acids is 1. The summed E-state index contributed by atoms with van der Waals surface area (Å²) >= 11 is 0. The van der Waals surface area contributed by atoms with Crippen LogP contribution in [0.5, 0.6) is 0 Å². The van der Waals surface area contributed by atoms with Crippen LogP contribution in [0.4, 0.5) is 5.69 Å². The number of benzene rings is 3. The minimum absolute atomic E-state index is 0. The SMILES string of the molecule is Cc1ccc(C)c(-c2cccc(C=CC(=O)Nc3ccc(C[N+]4(C)CCCCC4)cc3)c2)c1.[I-]. The van der Waals surface area contributed by atoms with Crippen LogP contribution in [-0.4, -0.2) is 30.5 Å². The van der Waals surface area contributed by atoms with Crippen LogP contribution in [0.1, 0.15) is 41.5 Å². The van der Waals surface area contributed by atoms with Crippen molar-refractivity contribution in [1.29, 1.82) is 0 Å². The monoisotopic (exact) mass is 566 g/mol. The summed E-state index contributed by atoms with van der Waals surface area (Å²) in [7, 11) is 2.36. The van der Waals surface area contributed by atoms with Crippen LogP contribution in [0.25, 0.3) is 17.2 Å². The number of carbonyl (C=O) groups is 1. The molecule has 1 saturated heterocycles. The topological polar surface area (TPSA) is 29.1 Å². The number of nitrogens with one attached hydrogen (secondary N) is 1. The molecule has 1 aliphatic rings. The number of piperidine rings is 1. The summed E-state index contributed by atoms with van der Waals surface area (Å²) in [4.78, 5) is 12.5. The Bertz CT molecular complexity index is 1140. The third-order valence-corrected chi connectivity index (χ3v) is 6.70. The predicted octanol–water partition coefficient (Wildman–Crippen LogP) is 3.76. The van der Waals surface area contributed by atoms with Crippen molar-refractivity contribution < 1.29 is 33.3 Å². The standard InChI is InChI=1S/C30H34N2O.HI/c1-23-10-11-24(2)29(20-23)27-9-7-8-25(21-27)14-17-30(33)31-28-15-12-26(13-16-28)22-32(3)18-5-4-6-19-32;/h7-17,20-21H,4-6,18-19,22H2,1-3H3;1H. The highest BCUT2D eigenvalue weighted by Crippen LogP contribution is 2.26. The Morgan fingerprint density at radius 1 is 0.941 bits per heavy atom. The molecular weight excluding hydrogens is 531 g/mol. The molecule has 4 rings (SSSR count). The predicted molar refractivity (Wildman–Crippen MR) is 139 cm³/mol. The normalized spacial score (nSPS) is 15.0. The highest BCUT2D eigenvalue weighted by Gasteiger charge is 2.24. The van der Waals surface area contributed by atoms with E-state index in [1.165, 1.54) is 60.2 Å². The second-order valence-electron chi connectivity index (χ2n) is 9.75. The van der Waals surface area contributed by atoms with Gasteiger partial charge in [-0.05, 0) is 79.6 Å². The fourth-order valence-corrected chi connectivity index (χ4v) is 4.78. The van der Waals surface area contributed by atoms with E-state index >= 15 is 0 Å². The number of amides is 1. The lowest BCUT2D eigenvalue weighted by molar-refractivity contribution is -0.926. The molecule has 1 amide bonds. The molecule has 0 saturated carbocycles. The van der Waals surface area contributed by atoms with Gasteiger partial charge >= 0.3 is 0 Å². The summed E-state index contributed by atoms with van der Waals surface area (Å²) < 4.78 is 1.12. The number of hydrogen-bond donors (Lipinski definition) is 1. The Morgan fingerprint density at radius 3 is 2.41 bits per heavy atom. The summed E-state index contributed by atoms with van der Waals surface area (Å²) in [6.07, 6.45) is 7.49. The van der Waals surface area contributed by atoms with Crippen molar-refractivity contribution in [2.75, 3.05) is 25.5 Å². The summed E-state index contributed by atoms with van der Waals surface area (Å²) in [6, 6.07) is 23.1. The first-order valence-corrected chi connectivity index (χ1v) is 12.0. The Kier molecular flexibility index (Phi) is 9.09. The van der Waals surface area contributed by atoms with Gasteiger partial charge in [0.25, 0.3) is 0 Å². The molecule has 0 atom stereocenters. The van der Waals surface area contributed by atoms with Gasteiger partial charge in [-0.15, -0.1) is 0 Å². The van der Waals surface area contributed by atoms with E-state index in [0.717, 1.165) is 22.3 Å². The maximum Gasteiger partial charge on any atom is 0.248 e. The molecule has 34 heavy (non-hydrogen) atoms. The van der Waals surface area contributed by atoms with E-state index in [2.05, 4.69) is 68.7 Å². The highest BCUT2D eigenvalue weighted by molar-refractivity contribution is 6.02. The maximum absolute atomic E-state index is 12.5. The molecule has 178 valence electrons. The van der Waals surface area contributed by atoms with Crippen molar-refractivity contribution in [3.63, 3.8) is 0 Å². The third kappa shape index (κ3) is 7.03. The Balaban J connectivity index is 0.00000324. The smallest absolute Gasteiger partial charge is 0.248 e. The lowest BCUT2D eigenvalue weighted by Gasteiger charge is -2.37. The van der Waals surface area contributed by atoms with Crippen LogP contribution in [0.15, 0.2) is 72.8 Å². The van der Waals surface area contributed by atoms with Crippen LogP contribution in [0.3, 0.4) is 0 Å². The lowest BCUT2D eigenvalue weighted by atomic mass is 9.97. The Labute approximate surface area is 221 Å². The van der Waals surface area contributed by atoms with Crippen molar-refractivity contribution in [3.8, 4) is 11.1 Å². The van der Waals surface area contributed by atoms with Crippen molar-refractivity contribution in [1.82, 2.24) is 0 Å². The van der Waals surface area contributed by atoms with Gasteiger partial charge in [-0.25, -0.2) is 0 Å². The van der Waals surface area contributed by atoms with Crippen molar-refractivity contribution in [2.24, 2.45) is 0 Å². The molecule has 0 radical (unpaired) electrons. The largest absolute Gasteiger partial charge is 1.00 e. The molecule has 0 unspecified atom stereocenters. The number of halogens is 1. The average Bonchev–Trinajstić information content (AvgIpc) is 2.81. The molecule has 3 aromatic rings. The first-order chi connectivity index (χ1) is 15.9. The molecule has 1 aliphatic heterocycles. The molecule has 0 bridgehead atoms. The first-order valence-electron chi connectivity index (χ1n) is 12.0. The van der Waals surface area contributed by atoms with Crippen LogP contribution in [0.2, 0.25) is 0 Å². The fraction of sp³-hybridized carbons (Fsp3) is 0.300. The number of nitrogens with zero attached hydrogens (tertiary/aromatic N) is 1. The quantitative estimate of drug-likeness (QED) is 0.275. The van der Waals surface area contributed by atoms with Crippen molar-refractivity contribution in [2.45, 2.75) is 39.7 Å². The van der Waals surface area contributed by atoms with Crippen LogP contribution >= 0.6 is 0 Å². The van der Waals surface area contributed by atoms with Gasteiger partial charge < -0.3 is 33.8 Å². The summed E-state index contributed by atoms with van der Waals surface area (Å²) in [5.74, 6) is -0.116. The molecule has 3 nitrogen and oxygen atoms in total. The van der Waals surface area contributed by atoms with Gasteiger partial charge in [0.1, 0.15) is 6.54 Å². The second-order valence-corrected chi connectivity index (χ2v) is 9.75. The van der Waals surface area contributed by atoms with Crippen molar-refractivity contribution in [3.05, 3.63) is 95.1 Å². The molecule has 3 aromatic carbocycles. The van der Waals surface area contributed by atoms with Gasteiger partial charge in [0.2, 0.25) is 5.91 Å². The maximum atomic E-state index is 12.5. The van der Waals surface area contributed by atoms with Gasteiger partial charge in [0, 0.05) is 17.3 Å². The van der Waals surface area contributed by atoms with E-state index in [1.807, 2.05) is 30.3 Å². The van der Waals surface area contributed by atoms with E-state index in [4.69, 9.17) is 0 Å². The van der Waals surface area contributed by atoms with Gasteiger partial charge in [-0.3, -0.25) is 4.79 Å². The molecule has 4 heteroatoms. The Morgan fingerprint density at radius 2 is 1.68 bits per heavy atom. The Hall–Kier alpha value is -2.44. The van der Waals surface area contributed by atoms with Gasteiger partial charge in [0.15, 0.2) is 0 Å². The summed E-state index contributed by atoms with van der Waals surface area (Å²) in [6.45, 7) is 7.82. The van der Waals surface area contributed by atoms with Crippen LogP contribution in [0, 0.1) is 13.8 Å². The average molecular weight is 567 g/mol. The van der Waals surface area contributed by atoms with E-state index < -0.39 is 0 Å². The van der Waals surface area contributed by atoms with E-state index in [9.17, 15) is 4.79 Å². The number of hydrogen-bond acceptors (Lipinski definition) is 1. The lowest BCUT2D eigenvalue weighted by Crippen LogP contribution is -3.00. The zero-order valence-corrected chi connectivity index (χ0v) is 22.6. The number of aryl methyl sites for hydroxylation is 2. The van der Waals surface area contributed by atoms with Gasteiger partial charge in [-0.2, -0.15) is 0 Å². The molecule has 1 heterocycles. The van der Waals surface area contributed by atoms with Crippen LogP contribution in [-0.2, 0) is 11.3 Å². The number of quaternary nitrogens is 1. The zero-order valence-electron chi connectivity index (χ0n) is 20.5. The molecule has 0 aromatic heterocycles. The van der Waals surface area contributed by atoms with E-state index in [-0.39, 0.29) is 29.9 Å². The van der Waals surface area contributed by atoms with E-state index in [1.54, 1.807) is 6.08 Å².